The summed E-state index contributed by atoms with van der Waals surface area (Å²) in [6, 6.07) is 4.22. The van der Waals surface area contributed by atoms with E-state index in [1.54, 1.807) is 19.1 Å². The number of urea groups is 1. The van der Waals surface area contributed by atoms with Gasteiger partial charge in [0.1, 0.15) is 12.1 Å². The molecule has 0 aromatic heterocycles. The molecule has 3 N–H and O–H groups in total. The first-order valence-corrected chi connectivity index (χ1v) is 11.4. The Morgan fingerprint density at radius 3 is 2.69 bits per heavy atom. The molecule has 2 unspecified atom stereocenters. The smallest absolute Gasteiger partial charge is 0.324 e. The maximum Gasteiger partial charge on any atom is 0.325 e. The molecule has 2 fully saturated rings. The standard InChI is InChI=1S/C19H26N4O5S/c1-12-7-8-14(10-15(12)22-29(3,27)28)20-16(24)11-23-17(25)19(21-18(23)26)9-5-4-6-13(19)2/h7-8,10,13,22H,4-6,9,11H2,1-3H3,(H,20,24)(H,21,26). The third-order valence-corrected chi connectivity index (χ3v) is 6.21. The van der Waals surface area contributed by atoms with Crippen LogP contribution in [0.5, 0.6) is 0 Å². The van der Waals surface area contributed by atoms with Crippen molar-refractivity contribution in [3.63, 3.8) is 0 Å². The number of carbonyl (C=O) groups excluding carboxylic acids is 3. The third-order valence-electron chi connectivity index (χ3n) is 5.62. The van der Waals surface area contributed by atoms with Gasteiger partial charge < -0.3 is 10.6 Å². The summed E-state index contributed by atoms with van der Waals surface area (Å²) < 4.78 is 25.3. The Bertz CT molecular complexity index is 961. The number of anilines is 2. The molecule has 4 amide bonds. The highest BCUT2D eigenvalue weighted by atomic mass is 32.2. The van der Waals surface area contributed by atoms with Crippen molar-refractivity contribution in [2.45, 2.75) is 45.1 Å². The summed E-state index contributed by atoms with van der Waals surface area (Å²) in [5.41, 5.74) is 0.483. The van der Waals surface area contributed by atoms with Crippen LogP contribution in [0.15, 0.2) is 18.2 Å². The highest BCUT2D eigenvalue weighted by Gasteiger charge is 2.55. The van der Waals surface area contributed by atoms with E-state index in [-0.39, 0.29) is 11.8 Å². The third kappa shape index (κ3) is 4.36. The van der Waals surface area contributed by atoms with E-state index < -0.39 is 34.0 Å². The zero-order valence-electron chi connectivity index (χ0n) is 16.7. The van der Waals surface area contributed by atoms with Gasteiger partial charge in [0, 0.05) is 5.69 Å². The lowest BCUT2D eigenvalue weighted by molar-refractivity contribution is -0.136. The summed E-state index contributed by atoms with van der Waals surface area (Å²) in [5, 5.41) is 5.43. The Labute approximate surface area is 170 Å². The van der Waals surface area contributed by atoms with Crippen molar-refractivity contribution in [1.82, 2.24) is 10.2 Å². The van der Waals surface area contributed by atoms with Crippen molar-refractivity contribution >= 4 is 39.2 Å². The molecule has 158 valence electrons. The van der Waals surface area contributed by atoms with Gasteiger partial charge in [0.25, 0.3) is 5.91 Å². The van der Waals surface area contributed by atoms with E-state index in [2.05, 4.69) is 15.4 Å². The van der Waals surface area contributed by atoms with Gasteiger partial charge in [0.2, 0.25) is 15.9 Å². The van der Waals surface area contributed by atoms with E-state index in [1.165, 1.54) is 6.07 Å². The molecule has 1 aliphatic carbocycles. The number of amides is 4. The first-order chi connectivity index (χ1) is 13.5. The molecule has 9 nitrogen and oxygen atoms in total. The number of hydrogen-bond acceptors (Lipinski definition) is 5. The fourth-order valence-corrected chi connectivity index (χ4v) is 4.61. The van der Waals surface area contributed by atoms with Gasteiger partial charge in [-0.25, -0.2) is 13.2 Å². The quantitative estimate of drug-likeness (QED) is 0.624. The monoisotopic (exact) mass is 422 g/mol. The Morgan fingerprint density at radius 1 is 1.31 bits per heavy atom. The molecule has 10 heteroatoms. The average Bonchev–Trinajstić information content (AvgIpc) is 2.84. The number of aryl methyl sites for hydroxylation is 1. The Hall–Kier alpha value is -2.62. The molecule has 3 rings (SSSR count). The predicted octanol–water partition coefficient (Wildman–Crippen LogP) is 1.81. The SMILES string of the molecule is Cc1ccc(NC(=O)CN2C(=O)NC3(CCCCC3C)C2=O)cc1NS(C)(=O)=O. The Morgan fingerprint density at radius 2 is 2.03 bits per heavy atom. The molecule has 1 aliphatic heterocycles. The number of nitrogens with zero attached hydrogens (tertiary/aromatic N) is 1. The average molecular weight is 423 g/mol. The number of benzene rings is 1. The molecule has 1 saturated heterocycles. The zero-order valence-corrected chi connectivity index (χ0v) is 17.6. The van der Waals surface area contributed by atoms with Gasteiger partial charge in [0.05, 0.1) is 11.9 Å². The maximum atomic E-state index is 12.9. The maximum absolute atomic E-state index is 12.9. The fourth-order valence-electron chi connectivity index (χ4n) is 3.99. The number of imide groups is 1. The van der Waals surface area contributed by atoms with Gasteiger partial charge in [-0.3, -0.25) is 19.2 Å². The van der Waals surface area contributed by atoms with Crippen LogP contribution in [0, 0.1) is 12.8 Å². The van der Waals surface area contributed by atoms with Crippen LogP contribution in [0.25, 0.3) is 0 Å². The van der Waals surface area contributed by atoms with Crippen molar-refractivity contribution < 1.29 is 22.8 Å². The van der Waals surface area contributed by atoms with Crippen molar-refractivity contribution in [1.29, 1.82) is 0 Å². The molecule has 2 atom stereocenters. The number of nitrogens with one attached hydrogen (secondary N) is 3. The topological polar surface area (TPSA) is 125 Å². The summed E-state index contributed by atoms with van der Waals surface area (Å²) >= 11 is 0. The number of carbonyl (C=O) groups is 3. The molecule has 29 heavy (non-hydrogen) atoms. The van der Waals surface area contributed by atoms with Gasteiger partial charge in [-0.15, -0.1) is 0 Å². The first kappa shape index (κ1) is 21.1. The summed E-state index contributed by atoms with van der Waals surface area (Å²) in [5.74, 6) is -0.876. The molecular formula is C19H26N4O5S. The highest BCUT2D eigenvalue weighted by Crippen LogP contribution is 2.38. The summed E-state index contributed by atoms with van der Waals surface area (Å²) in [6.07, 6.45) is 4.35. The van der Waals surface area contributed by atoms with E-state index in [1.807, 2.05) is 6.92 Å². The van der Waals surface area contributed by atoms with Crippen LogP contribution in [-0.4, -0.2) is 49.5 Å². The predicted molar refractivity (Wildman–Crippen MR) is 109 cm³/mol. The second-order valence-corrected chi connectivity index (χ2v) is 9.64. The molecule has 1 spiro atoms. The Balaban J connectivity index is 1.70. The van der Waals surface area contributed by atoms with Crippen molar-refractivity contribution in [2.75, 3.05) is 22.8 Å². The number of rotatable bonds is 5. The fraction of sp³-hybridized carbons (Fsp3) is 0.526. The molecule has 1 saturated carbocycles. The normalized spacial score (nSPS) is 24.5. The van der Waals surface area contributed by atoms with Crippen LogP contribution in [0.4, 0.5) is 16.2 Å². The lowest BCUT2D eigenvalue weighted by Crippen LogP contribution is -2.54. The number of hydrogen-bond donors (Lipinski definition) is 3. The molecule has 1 aromatic carbocycles. The highest BCUT2D eigenvalue weighted by molar-refractivity contribution is 7.92. The van der Waals surface area contributed by atoms with E-state index >= 15 is 0 Å². The Kier molecular flexibility index (Phi) is 5.57. The van der Waals surface area contributed by atoms with Gasteiger partial charge in [0.15, 0.2) is 0 Å². The van der Waals surface area contributed by atoms with Crippen molar-refractivity contribution in [2.24, 2.45) is 5.92 Å². The van der Waals surface area contributed by atoms with Gasteiger partial charge in [-0.05, 0) is 43.4 Å². The van der Waals surface area contributed by atoms with Gasteiger partial charge in [-0.2, -0.15) is 0 Å². The zero-order chi connectivity index (χ0) is 21.4. The number of sulfonamides is 1. The van der Waals surface area contributed by atoms with E-state index in [4.69, 9.17) is 0 Å². The largest absolute Gasteiger partial charge is 0.325 e. The second-order valence-electron chi connectivity index (χ2n) is 7.89. The molecule has 0 radical (unpaired) electrons. The van der Waals surface area contributed by atoms with E-state index in [0.29, 0.717) is 23.4 Å². The van der Waals surface area contributed by atoms with Crippen molar-refractivity contribution in [3.05, 3.63) is 23.8 Å². The van der Waals surface area contributed by atoms with Crippen LogP contribution in [-0.2, 0) is 19.6 Å². The lowest BCUT2D eigenvalue weighted by atomic mass is 9.73. The van der Waals surface area contributed by atoms with E-state index in [9.17, 15) is 22.8 Å². The molecular weight excluding hydrogens is 396 g/mol. The van der Waals surface area contributed by atoms with Crippen LogP contribution in [0.1, 0.15) is 38.2 Å². The molecule has 2 aliphatic rings. The van der Waals surface area contributed by atoms with E-state index in [0.717, 1.165) is 30.4 Å². The molecule has 1 heterocycles. The van der Waals surface area contributed by atoms with Crippen LogP contribution in [0.2, 0.25) is 0 Å². The second kappa shape index (κ2) is 7.66. The van der Waals surface area contributed by atoms with Crippen molar-refractivity contribution in [3.8, 4) is 0 Å². The first-order valence-electron chi connectivity index (χ1n) is 9.54. The summed E-state index contributed by atoms with van der Waals surface area (Å²) in [4.78, 5) is 38.7. The molecule has 1 aromatic rings. The summed E-state index contributed by atoms with van der Waals surface area (Å²) in [7, 11) is -3.47. The summed E-state index contributed by atoms with van der Waals surface area (Å²) in [6.45, 7) is 3.28. The minimum absolute atomic E-state index is 0.0162. The van der Waals surface area contributed by atoms with Gasteiger partial charge in [-0.1, -0.05) is 25.8 Å². The van der Waals surface area contributed by atoms with Crippen LogP contribution in [0.3, 0.4) is 0 Å². The molecule has 0 bridgehead atoms. The van der Waals surface area contributed by atoms with Gasteiger partial charge >= 0.3 is 6.03 Å². The minimum atomic E-state index is -3.47. The lowest BCUT2D eigenvalue weighted by Gasteiger charge is -2.36. The van der Waals surface area contributed by atoms with Crippen LogP contribution >= 0.6 is 0 Å². The van der Waals surface area contributed by atoms with Crippen LogP contribution < -0.4 is 15.4 Å². The minimum Gasteiger partial charge on any atom is -0.324 e.